The second kappa shape index (κ2) is 7.72. The molecule has 1 heterocycles. The largest absolute Gasteiger partial charge is 0.497 e. The van der Waals surface area contributed by atoms with Gasteiger partial charge in [0.25, 0.3) is 5.91 Å². The Labute approximate surface area is 156 Å². The Hall–Kier alpha value is -2.31. The highest BCUT2D eigenvalue weighted by Crippen LogP contribution is 2.34. The Morgan fingerprint density at radius 1 is 1.08 bits per heavy atom. The average molecular weight is 371 g/mol. The lowest BCUT2D eigenvalue weighted by molar-refractivity contribution is -0.122. The van der Waals surface area contributed by atoms with E-state index in [2.05, 4.69) is 0 Å². The Kier molecular flexibility index (Phi) is 5.40. The van der Waals surface area contributed by atoms with E-state index < -0.39 is 0 Å². The third-order valence-corrected chi connectivity index (χ3v) is 5.14. The molecule has 0 radical (unpaired) electrons. The topological polar surface area (TPSA) is 38.8 Å². The minimum absolute atomic E-state index is 0.0753. The summed E-state index contributed by atoms with van der Waals surface area (Å²) in [6.07, 6.45) is 1.84. The van der Waals surface area contributed by atoms with Crippen LogP contribution in [0.2, 0.25) is 0 Å². The van der Waals surface area contributed by atoms with Crippen molar-refractivity contribution in [2.24, 2.45) is 0 Å². The quantitative estimate of drug-likeness (QED) is 0.584. The first kappa shape index (κ1) is 17.5. The Balaban J connectivity index is 1.78. The zero-order chi connectivity index (χ0) is 17.8. The third-order valence-electron chi connectivity index (χ3n) is 3.76. The van der Waals surface area contributed by atoms with Gasteiger partial charge < -0.3 is 9.47 Å². The van der Waals surface area contributed by atoms with Crippen LogP contribution < -0.4 is 9.47 Å². The normalized spacial score (nSPS) is 15.8. The fraction of sp³-hybridized carbons (Fsp3) is 0.158. The second-order valence-electron chi connectivity index (χ2n) is 5.39. The van der Waals surface area contributed by atoms with E-state index in [0.717, 1.165) is 22.6 Å². The molecule has 1 aliphatic rings. The maximum Gasteiger partial charge on any atom is 0.266 e. The lowest BCUT2D eigenvalue weighted by Gasteiger charge is -2.14. The molecule has 0 unspecified atom stereocenters. The van der Waals surface area contributed by atoms with Crippen molar-refractivity contribution < 1.29 is 14.3 Å². The molecule has 0 spiro atoms. The molecule has 0 aromatic heterocycles. The lowest BCUT2D eigenvalue weighted by Crippen LogP contribution is -2.27. The fourth-order valence-corrected chi connectivity index (χ4v) is 3.69. The number of methoxy groups -OCH3 is 2. The molecule has 1 fully saturated rings. The summed E-state index contributed by atoms with van der Waals surface area (Å²) in [5.41, 5.74) is 1.91. The number of benzene rings is 2. The van der Waals surface area contributed by atoms with Gasteiger partial charge in [0, 0.05) is 0 Å². The van der Waals surface area contributed by atoms with Crippen LogP contribution >= 0.6 is 24.0 Å². The number of carbonyl (C=O) groups is 1. The number of nitrogens with zero attached hydrogens (tertiary/aromatic N) is 1. The standard InChI is InChI=1S/C19H17NO3S2/c1-22-15-8-6-13(7-9-15)12-20-18(21)17(25-19(20)24)11-14-4-3-5-16(10-14)23-2/h3-11H,12H2,1-2H3/b17-11+. The Morgan fingerprint density at radius 2 is 1.80 bits per heavy atom. The minimum Gasteiger partial charge on any atom is -0.497 e. The number of thioether (sulfide) groups is 1. The molecule has 3 rings (SSSR count). The minimum atomic E-state index is -0.0753. The Morgan fingerprint density at radius 3 is 2.48 bits per heavy atom. The third kappa shape index (κ3) is 4.03. The van der Waals surface area contributed by atoms with Gasteiger partial charge in [-0.25, -0.2) is 0 Å². The average Bonchev–Trinajstić information content (AvgIpc) is 2.90. The SMILES string of the molecule is COc1ccc(CN2C(=O)/C(=C\c3cccc(OC)c3)SC2=S)cc1. The predicted octanol–water partition coefficient (Wildman–Crippen LogP) is 4.11. The zero-order valence-corrected chi connectivity index (χ0v) is 15.5. The number of amides is 1. The molecular formula is C19H17NO3S2. The van der Waals surface area contributed by atoms with Crippen LogP contribution in [-0.4, -0.2) is 29.3 Å². The van der Waals surface area contributed by atoms with Crippen LogP contribution in [0.1, 0.15) is 11.1 Å². The zero-order valence-electron chi connectivity index (χ0n) is 13.9. The molecule has 0 saturated carbocycles. The van der Waals surface area contributed by atoms with E-state index >= 15 is 0 Å². The maximum absolute atomic E-state index is 12.7. The van der Waals surface area contributed by atoms with Crippen molar-refractivity contribution in [1.82, 2.24) is 4.90 Å². The van der Waals surface area contributed by atoms with Crippen LogP contribution in [0.4, 0.5) is 0 Å². The van der Waals surface area contributed by atoms with Gasteiger partial charge in [-0.2, -0.15) is 0 Å². The van der Waals surface area contributed by atoms with Crippen molar-refractivity contribution in [2.75, 3.05) is 14.2 Å². The number of hydrogen-bond donors (Lipinski definition) is 0. The van der Waals surface area contributed by atoms with E-state index in [0.29, 0.717) is 15.8 Å². The molecule has 0 bridgehead atoms. The summed E-state index contributed by atoms with van der Waals surface area (Å²) in [5, 5.41) is 0. The van der Waals surface area contributed by atoms with Gasteiger partial charge in [-0.15, -0.1) is 0 Å². The summed E-state index contributed by atoms with van der Waals surface area (Å²) in [5.74, 6) is 1.46. The number of ether oxygens (including phenoxy) is 2. The molecule has 0 atom stereocenters. The molecule has 6 heteroatoms. The Bertz CT molecular complexity index is 831. The van der Waals surface area contributed by atoms with E-state index in [-0.39, 0.29) is 5.91 Å². The molecule has 0 aliphatic carbocycles. The summed E-state index contributed by atoms with van der Waals surface area (Å²) >= 11 is 6.71. The summed E-state index contributed by atoms with van der Waals surface area (Å²) in [7, 11) is 3.24. The molecule has 4 nitrogen and oxygen atoms in total. The van der Waals surface area contributed by atoms with Crippen LogP contribution in [0, 0.1) is 0 Å². The van der Waals surface area contributed by atoms with Crippen LogP contribution in [0.25, 0.3) is 6.08 Å². The molecule has 2 aromatic rings. The van der Waals surface area contributed by atoms with Crippen molar-refractivity contribution in [3.8, 4) is 11.5 Å². The van der Waals surface area contributed by atoms with Gasteiger partial charge in [0.05, 0.1) is 25.7 Å². The smallest absolute Gasteiger partial charge is 0.266 e. The van der Waals surface area contributed by atoms with Crippen LogP contribution in [0.3, 0.4) is 0 Å². The maximum atomic E-state index is 12.7. The summed E-state index contributed by atoms with van der Waals surface area (Å²) in [6.45, 7) is 0.449. The number of rotatable bonds is 5. The van der Waals surface area contributed by atoms with Gasteiger partial charge in [0.15, 0.2) is 0 Å². The van der Waals surface area contributed by atoms with Crippen LogP contribution in [0.15, 0.2) is 53.4 Å². The van der Waals surface area contributed by atoms with Crippen LogP contribution in [-0.2, 0) is 11.3 Å². The lowest BCUT2D eigenvalue weighted by atomic mass is 10.2. The van der Waals surface area contributed by atoms with E-state index in [9.17, 15) is 4.79 Å². The van der Waals surface area contributed by atoms with Gasteiger partial charge >= 0.3 is 0 Å². The molecule has 1 amide bonds. The molecule has 0 N–H and O–H groups in total. The molecule has 25 heavy (non-hydrogen) atoms. The predicted molar refractivity (Wildman–Crippen MR) is 105 cm³/mol. The highest BCUT2D eigenvalue weighted by molar-refractivity contribution is 8.26. The van der Waals surface area contributed by atoms with Crippen molar-refractivity contribution in [1.29, 1.82) is 0 Å². The van der Waals surface area contributed by atoms with Crippen molar-refractivity contribution in [3.05, 3.63) is 64.6 Å². The highest BCUT2D eigenvalue weighted by Gasteiger charge is 2.31. The fourth-order valence-electron chi connectivity index (χ4n) is 2.43. The van der Waals surface area contributed by atoms with Crippen molar-refractivity contribution >= 4 is 40.3 Å². The summed E-state index contributed by atoms with van der Waals surface area (Å²) in [4.78, 5) is 14.9. The summed E-state index contributed by atoms with van der Waals surface area (Å²) in [6, 6.07) is 15.2. The first-order valence-corrected chi connectivity index (χ1v) is 8.85. The molecule has 1 aliphatic heterocycles. The number of carbonyl (C=O) groups excluding carboxylic acids is 1. The first-order valence-electron chi connectivity index (χ1n) is 7.63. The second-order valence-corrected chi connectivity index (χ2v) is 7.07. The van der Waals surface area contributed by atoms with Crippen LogP contribution in [0.5, 0.6) is 11.5 Å². The van der Waals surface area contributed by atoms with Gasteiger partial charge in [0.2, 0.25) is 0 Å². The number of hydrogen-bond acceptors (Lipinski definition) is 5. The van der Waals surface area contributed by atoms with Gasteiger partial charge in [0.1, 0.15) is 15.8 Å². The highest BCUT2D eigenvalue weighted by atomic mass is 32.2. The molecule has 128 valence electrons. The van der Waals surface area contributed by atoms with Gasteiger partial charge in [-0.1, -0.05) is 48.2 Å². The van der Waals surface area contributed by atoms with Gasteiger partial charge in [-0.3, -0.25) is 9.69 Å². The monoisotopic (exact) mass is 371 g/mol. The van der Waals surface area contributed by atoms with E-state index in [1.54, 1.807) is 19.1 Å². The first-order chi connectivity index (χ1) is 12.1. The molecule has 1 saturated heterocycles. The van der Waals surface area contributed by atoms with Crippen molar-refractivity contribution in [2.45, 2.75) is 6.54 Å². The summed E-state index contributed by atoms with van der Waals surface area (Å²) < 4.78 is 10.9. The van der Waals surface area contributed by atoms with E-state index in [4.69, 9.17) is 21.7 Å². The van der Waals surface area contributed by atoms with E-state index in [1.165, 1.54) is 11.8 Å². The number of thiocarbonyl (C=S) groups is 1. The molecule has 2 aromatic carbocycles. The molecular weight excluding hydrogens is 354 g/mol. The van der Waals surface area contributed by atoms with E-state index in [1.807, 2.05) is 54.6 Å². The van der Waals surface area contributed by atoms with Gasteiger partial charge in [-0.05, 0) is 41.5 Å². The van der Waals surface area contributed by atoms with Crippen molar-refractivity contribution in [3.63, 3.8) is 0 Å².